The summed E-state index contributed by atoms with van der Waals surface area (Å²) >= 11 is 0. The lowest BCUT2D eigenvalue weighted by atomic mass is 10.2. The van der Waals surface area contributed by atoms with Crippen molar-refractivity contribution >= 4 is 17.1 Å². The van der Waals surface area contributed by atoms with Crippen LogP contribution in [-0.4, -0.2) is 53.2 Å². The summed E-state index contributed by atoms with van der Waals surface area (Å²) in [7, 11) is 0. The minimum absolute atomic E-state index is 0.0162. The Morgan fingerprint density at radius 2 is 2.14 bits per heavy atom. The third-order valence-corrected chi connectivity index (χ3v) is 4.70. The van der Waals surface area contributed by atoms with Gasteiger partial charge in [0.05, 0.1) is 19.3 Å². The average Bonchev–Trinajstić information content (AvgIpc) is 3.12. The summed E-state index contributed by atoms with van der Waals surface area (Å²) in [6, 6.07) is 6.27. The number of H-pyrrole nitrogens is 1. The van der Waals surface area contributed by atoms with Gasteiger partial charge in [-0.15, -0.1) is 0 Å². The number of phenols is 1. The number of aromatic nitrogens is 4. The lowest BCUT2D eigenvalue weighted by molar-refractivity contribution is -0.0505. The van der Waals surface area contributed by atoms with Crippen molar-refractivity contribution in [3.05, 3.63) is 50.7 Å². The maximum absolute atomic E-state index is 13.1. The highest BCUT2D eigenvalue weighted by Crippen LogP contribution is 2.29. The molecule has 6 N–H and O–H groups in total. The molecular formula is C17H19N5O6. The predicted molar refractivity (Wildman–Crippen MR) is 97.9 cm³/mol. The third kappa shape index (κ3) is 2.95. The van der Waals surface area contributed by atoms with Gasteiger partial charge in [0.1, 0.15) is 11.9 Å². The van der Waals surface area contributed by atoms with Crippen LogP contribution in [0.25, 0.3) is 11.2 Å². The van der Waals surface area contributed by atoms with E-state index in [9.17, 15) is 24.9 Å². The molecule has 3 aromatic rings. The number of hydrogen-bond acceptors (Lipinski definition) is 8. The number of aliphatic hydroxyl groups excluding tert-OH is 2. The van der Waals surface area contributed by atoms with E-state index in [-0.39, 0.29) is 42.4 Å². The number of hydrogen-bond donors (Lipinski definition) is 5. The Bertz CT molecular complexity index is 1150. The zero-order valence-corrected chi connectivity index (χ0v) is 14.6. The van der Waals surface area contributed by atoms with E-state index in [0.717, 1.165) is 4.57 Å². The molecule has 0 unspecified atom stereocenters. The first-order valence-electron chi connectivity index (χ1n) is 8.62. The molecule has 28 heavy (non-hydrogen) atoms. The number of anilines is 1. The number of nitrogens with two attached hydrogens (primary N) is 1. The Morgan fingerprint density at radius 3 is 2.82 bits per heavy atom. The Balaban J connectivity index is 1.92. The van der Waals surface area contributed by atoms with Crippen molar-refractivity contribution in [3.8, 4) is 5.75 Å². The normalized spacial score (nSPS) is 22.1. The van der Waals surface area contributed by atoms with Gasteiger partial charge in [0.25, 0.3) is 5.56 Å². The van der Waals surface area contributed by atoms with Crippen molar-refractivity contribution < 1.29 is 20.1 Å². The van der Waals surface area contributed by atoms with E-state index < -0.39 is 29.7 Å². The maximum Gasteiger partial charge on any atom is 0.333 e. The highest BCUT2D eigenvalue weighted by Gasteiger charge is 2.38. The summed E-state index contributed by atoms with van der Waals surface area (Å²) in [5, 5.41) is 29.3. The smallest absolute Gasteiger partial charge is 0.333 e. The number of nitrogens with zero attached hydrogens (tertiary/aromatic N) is 3. The Morgan fingerprint density at radius 1 is 1.36 bits per heavy atom. The number of phenolic OH excluding ortho intramolecular Hbond substituents is 1. The number of ether oxygens (including phenoxy) is 1. The molecule has 0 radical (unpaired) electrons. The van der Waals surface area contributed by atoms with Crippen LogP contribution in [0.5, 0.6) is 5.75 Å². The second-order valence-corrected chi connectivity index (χ2v) is 6.67. The molecule has 1 saturated heterocycles. The van der Waals surface area contributed by atoms with Crippen molar-refractivity contribution in [2.75, 3.05) is 12.3 Å². The number of aliphatic hydroxyl groups is 2. The number of fused-ring (bicyclic) bond motifs is 1. The number of nitrogen functional groups attached to an aromatic ring is 1. The van der Waals surface area contributed by atoms with Crippen LogP contribution < -0.4 is 17.0 Å². The fourth-order valence-electron chi connectivity index (χ4n) is 3.49. The van der Waals surface area contributed by atoms with E-state index in [1.165, 1.54) is 16.7 Å². The van der Waals surface area contributed by atoms with Gasteiger partial charge < -0.3 is 25.8 Å². The first-order chi connectivity index (χ1) is 13.4. The quantitative estimate of drug-likeness (QED) is 0.373. The summed E-state index contributed by atoms with van der Waals surface area (Å²) in [4.78, 5) is 32.1. The van der Waals surface area contributed by atoms with Crippen LogP contribution in [0.4, 0.5) is 5.95 Å². The van der Waals surface area contributed by atoms with Crippen LogP contribution in [0.15, 0.2) is 33.9 Å². The monoisotopic (exact) mass is 389 g/mol. The second kappa shape index (κ2) is 6.78. The molecule has 1 aliphatic heterocycles. The SMILES string of the molecule is Nc1nc2c(c(=O)[nH]1)n(Cc1cccc(O)c1)c(=O)n2[C@@H]1O[C@H](CO)C[C@H]1O. The molecule has 3 atom stereocenters. The van der Waals surface area contributed by atoms with Gasteiger partial charge in [-0.2, -0.15) is 4.98 Å². The number of aromatic hydroxyl groups is 1. The van der Waals surface area contributed by atoms with E-state index in [2.05, 4.69) is 9.97 Å². The molecular weight excluding hydrogens is 370 g/mol. The number of aromatic amines is 1. The number of rotatable bonds is 4. The van der Waals surface area contributed by atoms with Crippen LogP contribution in [0, 0.1) is 0 Å². The van der Waals surface area contributed by atoms with Gasteiger partial charge in [-0.1, -0.05) is 12.1 Å². The molecule has 1 aromatic carbocycles. The first-order valence-corrected chi connectivity index (χ1v) is 8.62. The molecule has 0 aliphatic carbocycles. The molecule has 0 spiro atoms. The summed E-state index contributed by atoms with van der Waals surface area (Å²) in [5.74, 6) is -0.169. The van der Waals surface area contributed by atoms with E-state index in [1.807, 2.05) is 0 Å². The van der Waals surface area contributed by atoms with Crippen LogP contribution in [-0.2, 0) is 11.3 Å². The van der Waals surface area contributed by atoms with Crippen LogP contribution in [0.1, 0.15) is 18.2 Å². The zero-order chi connectivity index (χ0) is 20.0. The van der Waals surface area contributed by atoms with Gasteiger partial charge in [-0.25, -0.2) is 9.36 Å². The highest BCUT2D eigenvalue weighted by atomic mass is 16.5. The minimum atomic E-state index is -1.12. The van der Waals surface area contributed by atoms with Crippen molar-refractivity contribution in [3.63, 3.8) is 0 Å². The molecule has 3 heterocycles. The molecule has 11 nitrogen and oxygen atoms in total. The first kappa shape index (κ1) is 18.2. The van der Waals surface area contributed by atoms with Gasteiger partial charge in [0.15, 0.2) is 17.4 Å². The van der Waals surface area contributed by atoms with Crippen LogP contribution >= 0.6 is 0 Å². The highest BCUT2D eigenvalue weighted by molar-refractivity contribution is 5.72. The Hall–Kier alpha value is -3.15. The molecule has 0 amide bonds. The van der Waals surface area contributed by atoms with E-state index >= 15 is 0 Å². The molecule has 1 aliphatic rings. The predicted octanol–water partition coefficient (Wildman–Crippen LogP) is -1.14. The summed E-state index contributed by atoms with van der Waals surface area (Å²) < 4.78 is 7.83. The Labute approximate surface area is 157 Å². The van der Waals surface area contributed by atoms with Crippen molar-refractivity contribution in [2.24, 2.45) is 0 Å². The fourth-order valence-corrected chi connectivity index (χ4v) is 3.49. The average molecular weight is 389 g/mol. The molecule has 0 saturated carbocycles. The Kier molecular flexibility index (Phi) is 4.41. The number of imidazole rings is 1. The van der Waals surface area contributed by atoms with Gasteiger partial charge in [-0.05, 0) is 17.7 Å². The van der Waals surface area contributed by atoms with Crippen molar-refractivity contribution in [1.82, 2.24) is 19.1 Å². The summed E-state index contributed by atoms with van der Waals surface area (Å²) in [6.45, 7) is -0.335. The molecule has 11 heteroatoms. The molecule has 4 rings (SSSR count). The number of nitrogens with one attached hydrogen (secondary N) is 1. The van der Waals surface area contributed by atoms with E-state index in [0.29, 0.717) is 5.56 Å². The topological polar surface area (TPSA) is 169 Å². The van der Waals surface area contributed by atoms with Crippen molar-refractivity contribution in [2.45, 2.75) is 31.4 Å². The largest absolute Gasteiger partial charge is 0.508 e. The lowest BCUT2D eigenvalue weighted by Crippen LogP contribution is -2.32. The second-order valence-electron chi connectivity index (χ2n) is 6.67. The summed E-state index contributed by atoms with van der Waals surface area (Å²) in [6.07, 6.45) is -2.70. The third-order valence-electron chi connectivity index (χ3n) is 4.70. The van der Waals surface area contributed by atoms with Gasteiger partial charge in [-0.3, -0.25) is 14.3 Å². The molecule has 148 valence electrons. The minimum Gasteiger partial charge on any atom is -0.508 e. The summed E-state index contributed by atoms with van der Waals surface area (Å²) in [5.41, 5.74) is 4.90. The number of benzene rings is 1. The van der Waals surface area contributed by atoms with E-state index in [4.69, 9.17) is 10.5 Å². The molecule has 0 bridgehead atoms. The molecule has 1 fully saturated rings. The van der Waals surface area contributed by atoms with Crippen LogP contribution in [0.2, 0.25) is 0 Å². The van der Waals surface area contributed by atoms with Gasteiger partial charge in [0, 0.05) is 6.42 Å². The van der Waals surface area contributed by atoms with Crippen LogP contribution in [0.3, 0.4) is 0 Å². The fraction of sp³-hybridized carbons (Fsp3) is 0.353. The van der Waals surface area contributed by atoms with Gasteiger partial charge >= 0.3 is 5.69 Å². The van der Waals surface area contributed by atoms with Gasteiger partial charge in [0.2, 0.25) is 5.95 Å². The van der Waals surface area contributed by atoms with E-state index in [1.54, 1.807) is 12.1 Å². The standard InChI is InChI=1S/C17H19N5O6/c18-16-19-13-12(14(26)20-16)21(6-8-2-1-3-9(24)4-8)17(27)22(13)15-11(25)5-10(7-23)28-15/h1-4,10-11,15,23-25H,5-7H2,(H3,18,19,20,26)/t10-,11+,15+/m0/s1. The molecule has 2 aromatic heterocycles. The van der Waals surface area contributed by atoms with Crippen molar-refractivity contribution in [1.29, 1.82) is 0 Å². The maximum atomic E-state index is 13.1. The zero-order valence-electron chi connectivity index (χ0n) is 14.6. The lowest BCUT2D eigenvalue weighted by Gasteiger charge is -2.15.